The number of ether oxygens (including phenoxy) is 2. The molecule has 0 saturated carbocycles. The average molecular weight is 550 g/mol. The van der Waals surface area contributed by atoms with Gasteiger partial charge in [0.25, 0.3) is 0 Å². The molecule has 0 fully saturated rings. The number of nitrogens with zero attached hydrogens (tertiary/aromatic N) is 3. The Morgan fingerprint density at radius 3 is 2.59 bits per heavy atom. The van der Waals surface area contributed by atoms with E-state index in [0.29, 0.717) is 39.9 Å². The fourth-order valence-electron chi connectivity index (χ4n) is 2.71. The van der Waals surface area contributed by atoms with Crippen molar-refractivity contribution in [1.82, 2.24) is 14.3 Å². The van der Waals surface area contributed by atoms with Crippen molar-refractivity contribution >= 4 is 60.8 Å². The second kappa shape index (κ2) is 11.1. The normalized spacial score (nSPS) is 11.3. The Morgan fingerprint density at radius 1 is 1.19 bits per heavy atom. The monoisotopic (exact) mass is 548 g/mol. The van der Waals surface area contributed by atoms with Crippen LogP contribution in [0.4, 0.5) is 15.9 Å². The number of hydrogen-bond donors (Lipinski definition) is 1. The molecule has 0 aliphatic rings. The maximum atomic E-state index is 14.4. The second-order valence-corrected chi connectivity index (χ2v) is 9.78. The second-order valence-electron chi connectivity index (χ2n) is 6.77. The maximum absolute atomic E-state index is 14.4. The summed E-state index contributed by atoms with van der Waals surface area (Å²) in [6, 6.07) is 10.0. The van der Waals surface area contributed by atoms with Gasteiger partial charge in [0.05, 0.1) is 31.2 Å². The van der Waals surface area contributed by atoms with Crippen LogP contribution in [-0.4, -0.2) is 56.3 Å². The van der Waals surface area contributed by atoms with E-state index < -0.39 is 15.8 Å². The molecule has 0 amide bonds. The van der Waals surface area contributed by atoms with Crippen LogP contribution in [0, 0.1) is 5.82 Å². The Labute approximate surface area is 200 Å². The van der Waals surface area contributed by atoms with Crippen molar-refractivity contribution in [3.05, 3.63) is 46.7 Å². The Kier molecular flexibility index (Phi) is 9.02. The third-order valence-electron chi connectivity index (χ3n) is 4.48. The number of rotatable bonds is 9. The minimum Gasteiger partial charge on any atom is -0.497 e. The molecule has 2 aromatic carbocycles. The van der Waals surface area contributed by atoms with Crippen molar-refractivity contribution in [2.45, 2.75) is 6.42 Å². The molecule has 3 aromatic rings. The van der Waals surface area contributed by atoms with Gasteiger partial charge in [-0.05, 0) is 42.8 Å². The van der Waals surface area contributed by atoms with Gasteiger partial charge in [-0.2, -0.15) is 9.97 Å². The molecular weight excluding hydrogens is 527 g/mol. The van der Waals surface area contributed by atoms with Crippen molar-refractivity contribution < 1.29 is 22.3 Å². The number of nitrogens with one attached hydrogen (secondary N) is 1. The van der Waals surface area contributed by atoms with Crippen LogP contribution >= 0.6 is 28.3 Å². The molecule has 0 aliphatic carbocycles. The lowest BCUT2D eigenvalue weighted by molar-refractivity contribution is 0.277. The van der Waals surface area contributed by atoms with Gasteiger partial charge in [0.15, 0.2) is 0 Å². The van der Waals surface area contributed by atoms with Gasteiger partial charge in [-0.3, -0.25) is 0 Å². The van der Waals surface area contributed by atoms with Crippen molar-refractivity contribution in [3.8, 4) is 11.8 Å². The molecule has 0 atom stereocenters. The molecule has 1 heterocycles. The van der Waals surface area contributed by atoms with Crippen LogP contribution in [0.2, 0.25) is 0 Å². The first-order valence-corrected chi connectivity index (χ1v) is 11.9. The minimum atomic E-state index is -3.25. The van der Waals surface area contributed by atoms with E-state index in [0.717, 1.165) is 6.26 Å². The zero-order valence-corrected chi connectivity index (χ0v) is 20.9. The fraction of sp³-hybridized carbons (Fsp3) is 0.300. The molecule has 8 nitrogen and oxygen atoms in total. The van der Waals surface area contributed by atoms with Gasteiger partial charge < -0.3 is 14.8 Å². The summed E-state index contributed by atoms with van der Waals surface area (Å²) in [7, 11) is -0.192. The SMILES string of the molecule is COc1ccc2nc(OCCCN(C)S(C)(=O)=O)nc(Nc3ccc(Br)cc3F)c2c1.Cl. The molecule has 0 aliphatic heterocycles. The van der Waals surface area contributed by atoms with Crippen LogP contribution in [0.1, 0.15) is 6.42 Å². The van der Waals surface area contributed by atoms with E-state index >= 15 is 0 Å². The molecule has 3 rings (SSSR count). The highest BCUT2D eigenvalue weighted by Gasteiger charge is 2.14. The number of benzene rings is 2. The van der Waals surface area contributed by atoms with E-state index in [9.17, 15) is 12.8 Å². The Bertz CT molecular complexity index is 1200. The highest BCUT2D eigenvalue weighted by atomic mass is 79.9. The summed E-state index contributed by atoms with van der Waals surface area (Å²) in [5.74, 6) is 0.511. The first-order chi connectivity index (χ1) is 14.7. The summed E-state index contributed by atoms with van der Waals surface area (Å²) in [6.45, 7) is 0.520. The molecule has 1 N–H and O–H groups in total. The number of halogens is 3. The zero-order chi connectivity index (χ0) is 22.6. The van der Waals surface area contributed by atoms with E-state index in [4.69, 9.17) is 9.47 Å². The van der Waals surface area contributed by atoms with Gasteiger partial charge >= 0.3 is 6.01 Å². The summed E-state index contributed by atoms with van der Waals surface area (Å²) in [6.07, 6.45) is 1.60. The Balaban J connectivity index is 0.00000363. The number of fused-ring (bicyclic) bond motifs is 1. The van der Waals surface area contributed by atoms with Crippen LogP contribution in [0.3, 0.4) is 0 Å². The van der Waals surface area contributed by atoms with Crippen molar-refractivity contribution in [2.75, 3.05) is 38.9 Å². The van der Waals surface area contributed by atoms with Crippen LogP contribution in [-0.2, 0) is 10.0 Å². The molecule has 0 radical (unpaired) electrons. The first-order valence-electron chi connectivity index (χ1n) is 9.29. The maximum Gasteiger partial charge on any atom is 0.318 e. The van der Waals surface area contributed by atoms with Crippen molar-refractivity contribution in [1.29, 1.82) is 0 Å². The van der Waals surface area contributed by atoms with Crippen LogP contribution in [0.15, 0.2) is 40.9 Å². The standard InChI is InChI=1S/C20H22BrFN4O4S.ClH/c1-26(31(3,27)28)9-4-10-30-20-24-17-8-6-14(29-2)12-15(17)19(25-20)23-18-7-5-13(21)11-16(18)22;/h5-8,11-12H,4,9-10H2,1-3H3,(H,23,24,25);1H. The Morgan fingerprint density at radius 2 is 1.94 bits per heavy atom. The van der Waals surface area contributed by atoms with Gasteiger partial charge in [0.1, 0.15) is 17.4 Å². The third-order valence-corrected chi connectivity index (χ3v) is 6.29. The molecule has 0 saturated heterocycles. The number of anilines is 2. The lowest BCUT2D eigenvalue weighted by Gasteiger charge is -2.15. The Hall–Kier alpha value is -2.21. The molecule has 0 bridgehead atoms. The largest absolute Gasteiger partial charge is 0.497 e. The molecule has 12 heteroatoms. The number of aromatic nitrogens is 2. The van der Waals surface area contributed by atoms with E-state index in [2.05, 4.69) is 31.2 Å². The van der Waals surface area contributed by atoms with Gasteiger partial charge in [-0.1, -0.05) is 15.9 Å². The van der Waals surface area contributed by atoms with Crippen molar-refractivity contribution in [3.63, 3.8) is 0 Å². The topological polar surface area (TPSA) is 93.7 Å². The molecule has 0 spiro atoms. The zero-order valence-electron chi connectivity index (χ0n) is 17.6. The summed E-state index contributed by atoms with van der Waals surface area (Å²) in [5, 5.41) is 3.62. The van der Waals surface area contributed by atoms with E-state index in [-0.39, 0.29) is 30.7 Å². The predicted molar refractivity (Wildman–Crippen MR) is 128 cm³/mol. The van der Waals surface area contributed by atoms with Crippen LogP contribution < -0.4 is 14.8 Å². The fourth-order valence-corrected chi connectivity index (χ4v) is 3.50. The summed E-state index contributed by atoms with van der Waals surface area (Å²) < 4.78 is 50.1. The molecule has 174 valence electrons. The molecule has 0 unspecified atom stereocenters. The quantitative estimate of drug-likeness (QED) is 0.396. The summed E-state index contributed by atoms with van der Waals surface area (Å²) in [4.78, 5) is 8.78. The smallest absolute Gasteiger partial charge is 0.318 e. The molecule has 32 heavy (non-hydrogen) atoms. The number of sulfonamides is 1. The van der Waals surface area contributed by atoms with E-state index in [1.165, 1.54) is 17.4 Å². The van der Waals surface area contributed by atoms with Crippen molar-refractivity contribution in [2.24, 2.45) is 0 Å². The lowest BCUT2D eigenvalue weighted by atomic mass is 10.2. The average Bonchev–Trinajstić information content (AvgIpc) is 2.72. The summed E-state index contributed by atoms with van der Waals surface area (Å²) in [5.41, 5.74) is 0.825. The highest BCUT2D eigenvalue weighted by Crippen LogP contribution is 2.30. The van der Waals surface area contributed by atoms with Gasteiger partial charge in [0.2, 0.25) is 10.0 Å². The first kappa shape index (κ1) is 26.0. The lowest BCUT2D eigenvalue weighted by Crippen LogP contribution is -2.27. The van der Waals surface area contributed by atoms with Crippen LogP contribution in [0.25, 0.3) is 10.9 Å². The summed E-state index contributed by atoms with van der Waals surface area (Å²) >= 11 is 3.24. The third kappa shape index (κ3) is 6.64. The van der Waals surface area contributed by atoms with Gasteiger partial charge in [-0.25, -0.2) is 17.1 Å². The molecular formula is C20H23BrClFN4O4S. The highest BCUT2D eigenvalue weighted by molar-refractivity contribution is 9.10. The van der Waals surface area contributed by atoms with Gasteiger partial charge in [-0.15, -0.1) is 12.4 Å². The van der Waals surface area contributed by atoms with Gasteiger partial charge in [0, 0.05) is 23.5 Å². The number of methoxy groups -OCH3 is 1. The molecule has 1 aromatic heterocycles. The van der Waals surface area contributed by atoms with E-state index in [1.54, 1.807) is 37.4 Å². The van der Waals surface area contributed by atoms with E-state index in [1.807, 2.05) is 0 Å². The minimum absolute atomic E-state index is 0. The predicted octanol–water partition coefficient (Wildman–Crippen LogP) is 4.37. The van der Waals surface area contributed by atoms with Crippen LogP contribution in [0.5, 0.6) is 11.8 Å². The number of hydrogen-bond acceptors (Lipinski definition) is 7.